The van der Waals surface area contributed by atoms with E-state index >= 15 is 0 Å². The van der Waals surface area contributed by atoms with Crippen LogP contribution in [-0.4, -0.2) is 19.9 Å². The van der Waals surface area contributed by atoms with E-state index in [2.05, 4.69) is 38.1 Å². The predicted octanol–water partition coefficient (Wildman–Crippen LogP) is -1.15. The van der Waals surface area contributed by atoms with Crippen LogP contribution < -0.4 is 25.3 Å². The number of nitrogens with zero attached hydrogens (tertiary/aromatic N) is 4. The van der Waals surface area contributed by atoms with Gasteiger partial charge < -0.3 is 12.4 Å². The first-order valence-electron chi connectivity index (χ1n) is 7.69. The van der Waals surface area contributed by atoms with Crippen molar-refractivity contribution in [3.05, 3.63) is 104 Å². The molecule has 4 rings (SSSR count). The Labute approximate surface area is 164 Å². The fraction of sp³-hybridized carbons (Fsp3) is 0. The minimum absolute atomic E-state index is 0. The molecule has 0 atom stereocenters. The smallest absolute Gasteiger partial charge is 0.0267 e. The summed E-state index contributed by atoms with van der Waals surface area (Å²) in [4.78, 5) is 17.3. The molecule has 0 aromatic carbocycles. The second-order valence-electron chi connectivity index (χ2n) is 4.71. The number of pyridine rings is 4. The molecule has 0 saturated carbocycles. The molecule has 6 heteroatoms. The van der Waals surface area contributed by atoms with Crippen LogP contribution in [0.3, 0.4) is 0 Å². The van der Waals surface area contributed by atoms with Gasteiger partial charge in [-0.05, 0) is 12.1 Å². The maximum atomic E-state index is 4.52. The van der Waals surface area contributed by atoms with E-state index in [0.29, 0.717) is 0 Å². The number of halogens is 1. The van der Waals surface area contributed by atoms with E-state index in [0.717, 1.165) is 12.9 Å². The number of hydrogen-bond acceptors (Lipinski definition) is 4. The van der Waals surface area contributed by atoms with E-state index in [1.807, 2.05) is 73.2 Å². The van der Waals surface area contributed by atoms with Crippen LogP contribution in [0.4, 0.5) is 0 Å². The van der Waals surface area contributed by atoms with Crippen molar-refractivity contribution < 1.29 is 28.4 Å². The van der Waals surface area contributed by atoms with Gasteiger partial charge in [0.2, 0.25) is 0 Å². The molecule has 4 nitrogen and oxygen atoms in total. The van der Waals surface area contributed by atoms with Crippen LogP contribution in [0.2, 0.25) is 0 Å². The van der Waals surface area contributed by atoms with Crippen LogP contribution >= 0.6 is 0 Å². The summed E-state index contributed by atoms with van der Waals surface area (Å²) in [6.07, 6.45) is 9.01. The van der Waals surface area contributed by atoms with E-state index in [9.17, 15) is 0 Å². The van der Waals surface area contributed by atoms with Gasteiger partial charge in [0.25, 0.3) is 0 Å². The molecule has 4 aromatic rings. The van der Waals surface area contributed by atoms with Gasteiger partial charge in [0.05, 0.1) is 0 Å². The van der Waals surface area contributed by atoms with Crippen molar-refractivity contribution in [1.29, 1.82) is 0 Å². The van der Waals surface area contributed by atoms with Crippen molar-refractivity contribution in [3.63, 3.8) is 0 Å². The van der Waals surface area contributed by atoms with Crippen LogP contribution in [0.25, 0.3) is 0 Å². The Morgan fingerprint density at radius 2 is 0.846 bits per heavy atom. The summed E-state index contributed by atoms with van der Waals surface area (Å²) in [6.45, 7) is 0. The van der Waals surface area contributed by atoms with E-state index in [1.165, 1.54) is 0 Å². The SMILES string of the molecule is [Cl-].c1cc[c]([Ru+]([c]2ccccn2)[c]2ccccn2)nc1.c1ccncc1. The van der Waals surface area contributed by atoms with Gasteiger partial charge in [-0.2, -0.15) is 0 Å². The third-order valence-electron chi connectivity index (χ3n) is 2.97. The summed E-state index contributed by atoms with van der Waals surface area (Å²) in [5.41, 5.74) is 0. The van der Waals surface area contributed by atoms with Gasteiger partial charge in [-0.1, -0.05) is 6.07 Å². The van der Waals surface area contributed by atoms with Gasteiger partial charge >= 0.3 is 117 Å². The molecule has 4 aromatic heterocycles. The maximum absolute atomic E-state index is 4.52. The van der Waals surface area contributed by atoms with Crippen molar-refractivity contribution in [2.75, 3.05) is 0 Å². The second-order valence-corrected chi connectivity index (χ2v) is 8.68. The molecule has 132 valence electrons. The summed E-state index contributed by atoms with van der Waals surface area (Å²) >= 11 is -1.69. The zero-order valence-corrected chi connectivity index (χ0v) is 16.3. The molecule has 0 spiro atoms. The molecular formula is C20H17ClN4Ru. The van der Waals surface area contributed by atoms with Crippen molar-refractivity contribution >= 4 is 12.9 Å². The molecule has 0 amide bonds. The Bertz CT molecular complexity index is 729. The summed E-state index contributed by atoms with van der Waals surface area (Å²) < 4.78 is 3.30. The van der Waals surface area contributed by atoms with Crippen molar-refractivity contribution in [2.45, 2.75) is 0 Å². The molecule has 26 heavy (non-hydrogen) atoms. The third-order valence-corrected chi connectivity index (χ3v) is 7.19. The molecule has 4 heterocycles. The van der Waals surface area contributed by atoms with Crippen LogP contribution in [0.1, 0.15) is 0 Å². The van der Waals surface area contributed by atoms with Gasteiger partial charge in [-0.15, -0.1) is 0 Å². The largest absolute Gasteiger partial charge is 0.265 e. The molecule has 0 N–H and O–H groups in total. The first-order chi connectivity index (χ1) is 12.4. The standard InChI is InChI=1S/C5H5N.3C5H4N.ClH.Ru/c4*1-2-4-6-5-3-1;;/h1-5H;3*1-4H;1H;/q;;;;;+1/p-1. The molecule has 0 aliphatic heterocycles. The number of rotatable bonds is 3. The molecule has 0 fully saturated rings. The first-order valence-corrected chi connectivity index (χ1v) is 10.3. The molecular weight excluding hydrogens is 433 g/mol. The van der Waals surface area contributed by atoms with E-state index in [-0.39, 0.29) is 12.4 Å². The Hall–Kier alpha value is -2.49. The monoisotopic (exact) mass is 450 g/mol. The molecule has 0 aliphatic rings. The predicted molar refractivity (Wildman–Crippen MR) is 95.9 cm³/mol. The summed E-state index contributed by atoms with van der Waals surface area (Å²) in [5, 5.41) is 0. The fourth-order valence-corrected chi connectivity index (χ4v) is 5.72. The van der Waals surface area contributed by atoms with Gasteiger partial charge in [-0.3, -0.25) is 4.98 Å². The maximum Gasteiger partial charge on any atom is 0.0267 e. The number of aromatic nitrogens is 4. The van der Waals surface area contributed by atoms with Crippen molar-refractivity contribution in [2.24, 2.45) is 0 Å². The topological polar surface area (TPSA) is 51.6 Å². The third kappa shape index (κ3) is 5.80. The molecule has 0 bridgehead atoms. The Morgan fingerprint density at radius 1 is 0.462 bits per heavy atom. The van der Waals surface area contributed by atoms with Crippen LogP contribution in [-0.2, 0) is 16.0 Å². The van der Waals surface area contributed by atoms with E-state index < -0.39 is 16.0 Å². The van der Waals surface area contributed by atoms with Gasteiger partial charge in [0.15, 0.2) is 0 Å². The van der Waals surface area contributed by atoms with Crippen LogP contribution in [0, 0.1) is 0 Å². The van der Waals surface area contributed by atoms with Crippen molar-refractivity contribution in [3.8, 4) is 0 Å². The molecule has 0 aliphatic carbocycles. The zero-order chi connectivity index (χ0) is 17.2. The minimum Gasteiger partial charge on any atom is -0.265 e. The fourth-order valence-electron chi connectivity index (χ4n) is 1.92. The Balaban J connectivity index is 0.000000297. The Kier molecular flexibility index (Phi) is 8.54. The second kappa shape index (κ2) is 11.2. The van der Waals surface area contributed by atoms with E-state index in [4.69, 9.17) is 0 Å². The summed E-state index contributed by atoms with van der Waals surface area (Å²) in [5.74, 6) is 0. The van der Waals surface area contributed by atoms with Crippen LogP contribution in [0.5, 0.6) is 0 Å². The summed E-state index contributed by atoms with van der Waals surface area (Å²) in [7, 11) is 0. The average molecular weight is 450 g/mol. The summed E-state index contributed by atoms with van der Waals surface area (Å²) in [6, 6.07) is 23.8. The average Bonchev–Trinajstić information content (AvgIpc) is 2.72. The minimum atomic E-state index is -1.69. The van der Waals surface area contributed by atoms with Gasteiger partial charge in [0.1, 0.15) is 0 Å². The van der Waals surface area contributed by atoms with Gasteiger partial charge in [0, 0.05) is 12.4 Å². The number of hydrogen-bond donors (Lipinski definition) is 0. The van der Waals surface area contributed by atoms with Crippen LogP contribution in [0.15, 0.2) is 104 Å². The normalized spacial score (nSPS) is 9.92. The first kappa shape index (κ1) is 19.8. The quantitative estimate of drug-likeness (QED) is 0.371. The Morgan fingerprint density at radius 3 is 1.08 bits per heavy atom. The molecule has 0 unspecified atom stereocenters. The van der Waals surface area contributed by atoms with E-state index in [1.54, 1.807) is 12.4 Å². The van der Waals surface area contributed by atoms with Crippen molar-refractivity contribution in [1.82, 2.24) is 19.9 Å². The zero-order valence-electron chi connectivity index (χ0n) is 13.8. The molecule has 0 saturated heterocycles. The van der Waals surface area contributed by atoms with Gasteiger partial charge in [-0.25, -0.2) is 0 Å². The molecule has 0 radical (unpaired) electrons.